The average molecular weight is 221 g/mol. The van der Waals surface area contributed by atoms with Crippen molar-refractivity contribution in [1.82, 2.24) is 4.57 Å². The fourth-order valence-electron chi connectivity index (χ4n) is 2.12. The van der Waals surface area contributed by atoms with Gasteiger partial charge in [0.15, 0.2) is 0 Å². The molecule has 2 rings (SSSR count). The van der Waals surface area contributed by atoms with Crippen LogP contribution in [0.2, 0.25) is 0 Å². The van der Waals surface area contributed by atoms with Gasteiger partial charge in [-0.1, -0.05) is 6.92 Å². The number of carboxylic acids is 1. The minimum absolute atomic E-state index is 0.239. The molecule has 0 fully saturated rings. The Bertz CT molecular complexity index is 572. The zero-order valence-corrected chi connectivity index (χ0v) is 9.12. The maximum absolute atomic E-state index is 13.1. The smallest absolute Gasteiger partial charge is 0.352 e. The van der Waals surface area contributed by atoms with Crippen molar-refractivity contribution in [3.8, 4) is 0 Å². The van der Waals surface area contributed by atoms with E-state index in [1.54, 1.807) is 17.7 Å². The van der Waals surface area contributed by atoms with Crippen molar-refractivity contribution in [2.24, 2.45) is 7.05 Å². The number of carbonyl (C=O) groups is 1. The molecule has 0 spiro atoms. The molecule has 1 N–H and O–H groups in total. The summed E-state index contributed by atoms with van der Waals surface area (Å²) in [6, 6.07) is 4.34. The molecule has 1 heterocycles. The Morgan fingerprint density at radius 2 is 2.19 bits per heavy atom. The molecule has 4 heteroatoms. The van der Waals surface area contributed by atoms with E-state index in [4.69, 9.17) is 5.11 Å². The van der Waals surface area contributed by atoms with Crippen LogP contribution in [0.4, 0.5) is 4.39 Å². The fourth-order valence-corrected chi connectivity index (χ4v) is 2.12. The lowest BCUT2D eigenvalue weighted by Gasteiger charge is -1.99. The third-order valence-corrected chi connectivity index (χ3v) is 2.82. The van der Waals surface area contributed by atoms with Crippen LogP contribution in [0.25, 0.3) is 10.9 Å². The van der Waals surface area contributed by atoms with Gasteiger partial charge in [-0.2, -0.15) is 0 Å². The maximum atomic E-state index is 13.1. The number of fused-ring (bicyclic) bond motifs is 1. The van der Waals surface area contributed by atoms with Gasteiger partial charge in [-0.05, 0) is 30.2 Å². The van der Waals surface area contributed by atoms with E-state index >= 15 is 0 Å². The van der Waals surface area contributed by atoms with Crippen LogP contribution in [-0.4, -0.2) is 15.6 Å². The fraction of sp³-hybridized carbons (Fsp3) is 0.250. The Balaban J connectivity index is 2.91. The molecular formula is C12H12FNO2. The molecule has 3 nitrogen and oxygen atoms in total. The second-order valence-corrected chi connectivity index (χ2v) is 3.71. The maximum Gasteiger partial charge on any atom is 0.352 e. The zero-order valence-electron chi connectivity index (χ0n) is 9.12. The normalized spacial score (nSPS) is 10.9. The molecule has 1 aromatic heterocycles. The van der Waals surface area contributed by atoms with Crippen LogP contribution in [-0.2, 0) is 13.5 Å². The molecule has 0 saturated heterocycles. The number of benzene rings is 1. The Kier molecular flexibility index (Phi) is 2.42. The van der Waals surface area contributed by atoms with Gasteiger partial charge in [0.2, 0.25) is 0 Å². The molecule has 16 heavy (non-hydrogen) atoms. The van der Waals surface area contributed by atoms with E-state index in [2.05, 4.69) is 0 Å². The first-order chi connectivity index (χ1) is 7.56. The molecule has 0 amide bonds. The first-order valence-corrected chi connectivity index (χ1v) is 5.06. The predicted molar refractivity (Wildman–Crippen MR) is 59.2 cm³/mol. The second-order valence-electron chi connectivity index (χ2n) is 3.71. The molecule has 84 valence electrons. The largest absolute Gasteiger partial charge is 0.477 e. The van der Waals surface area contributed by atoms with Gasteiger partial charge in [0.05, 0.1) is 0 Å². The van der Waals surface area contributed by atoms with Crippen molar-refractivity contribution >= 4 is 16.9 Å². The van der Waals surface area contributed by atoms with Gasteiger partial charge in [-0.3, -0.25) is 0 Å². The first kappa shape index (κ1) is 10.7. The lowest BCUT2D eigenvalue weighted by molar-refractivity contribution is 0.0686. The van der Waals surface area contributed by atoms with E-state index in [1.807, 2.05) is 6.92 Å². The summed E-state index contributed by atoms with van der Waals surface area (Å²) in [6.45, 7) is 1.87. The highest BCUT2D eigenvalue weighted by Gasteiger charge is 2.19. The summed E-state index contributed by atoms with van der Waals surface area (Å²) in [4.78, 5) is 11.1. The average Bonchev–Trinajstić information content (AvgIpc) is 2.50. The van der Waals surface area contributed by atoms with Gasteiger partial charge in [0, 0.05) is 18.0 Å². The van der Waals surface area contributed by atoms with Gasteiger partial charge >= 0.3 is 5.97 Å². The number of aromatic nitrogens is 1. The standard InChI is InChI=1S/C12H12FNO2/c1-3-8-9-6-7(13)4-5-10(9)14(2)11(8)12(15)16/h4-6H,3H2,1-2H3,(H,15,16). The lowest BCUT2D eigenvalue weighted by atomic mass is 10.1. The van der Waals surface area contributed by atoms with Crippen LogP contribution in [0.5, 0.6) is 0 Å². The first-order valence-electron chi connectivity index (χ1n) is 5.06. The van der Waals surface area contributed by atoms with Crippen molar-refractivity contribution in [3.63, 3.8) is 0 Å². The molecular weight excluding hydrogens is 209 g/mol. The van der Waals surface area contributed by atoms with E-state index in [0.29, 0.717) is 17.4 Å². The summed E-state index contributed by atoms with van der Waals surface area (Å²) in [5.41, 5.74) is 1.67. The highest BCUT2D eigenvalue weighted by atomic mass is 19.1. The van der Waals surface area contributed by atoms with Gasteiger partial charge in [-0.15, -0.1) is 0 Å². The van der Waals surface area contributed by atoms with Gasteiger partial charge < -0.3 is 9.67 Å². The molecule has 2 aromatic rings. The van der Waals surface area contributed by atoms with Crippen molar-refractivity contribution in [2.45, 2.75) is 13.3 Å². The predicted octanol–water partition coefficient (Wildman–Crippen LogP) is 2.58. The van der Waals surface area contributed by atoms with Crippen LogP contribution < -0.4 is 0 Å². The molecule has 0 bridgehead atoms. The number of carboxylic acid groups (broad SMARTS) is 1. The number of aryl methyl sites for hydroxylation is 2. The third kappa shape index (κ3) is 1.38. The number of aromatic carboxylic acids is 1. The van der Waals surface area contributed by atoms with Crippen LogP contribution in [0.3, 0.4) is 0 Å². The van der Waals surface area contributed by atoms with Crippen molar-refractivity contribution < 1.29 is 14.3 Å². The van der Waals surface area contributed by atoms with Crippen LogP contribution >= 0.6 is 0 Å². The van der Waals surface area contributed by atoms with Crippen LogP contribution in [0, 0.1) is 5.82 Å². The summed E-state index contributed by atoms with van der Waals surface area (Å²) in [5, 5.41) is 9.82. The molecule has 0 atom stereocenters. The summed E-state index contributed by atoms with van der Waals surface area (Å²) in [5.74, 6) is -1.32. The third-order valence-electron chi connectivity index (χ3n) is 2.82. The number of nitrogens with zero attached hydrogens (tertiary/aromatic N) is 1. The summed E-state index contributed by atoms with van der Waals surface area (Å²) >= 11 is 0. The summed E-state index contributed by atoms with van der Waals surface area (Å²) in [6.07, 6.45) is 0.572. The van der Waals surface area contributed by atoms with E-state index in [1.165, 1.54) is 12.1 Å². The Labute approximate surface area is 92.1 Å². The van der Waals surface area contributed by atoms with Gasteiger partial charge in [0.25, 0.3) is 0 Å². The molecule has 0 aliphatic heterocycles. The second kappa shape index (κ2) is 3.63. The zero-order chi connectivity index (χ0) is 11.9. The van der Waals surface area contributed by atoms with Crippen LogP contribution in [0.1, 0.15) is 23.0 Å². The summed E-state index contributed by atoms with van der Waals surface area (Å²) in [7, 11) is 1.68. The number of halogens is 1. The van der Waals surface area contributed by atoms with Crippen molar-refractivity contribution in [2.75, 3.05) is 0 Å². The van der Waals surface area contributed by atoms with Crippen molar-refractivity contribution in [3.05, 3.63) is 35.3 Å². The van der Waals surface area contributed by atoms with E-state index < -0.39 is 5.97 Å². The Morgan fingerprint density at radius 3 is 2.75 bits per heavy atom. The Morgan fingerprint density at radius 1 is 1.50 bits per heavy atom. The minimum Gasteiger partial charge on any atom is -0.477 e. The van der Waals surface area contributed by atoms with Crippen molar-refractivity contribution in [1.29, 1.82) is 0 Å². The molecule has 0 unspecified atom stereocenters. The molecule has 1 aromatic carbocycles. The minimum atomic E-state index is -0.976. The van der Waals surface area contributed by atoms with E-state index in [9.17, 15) is 9.18 Å². The Hall–Kier alpha value is -1.84. The molecule has 0 aliphatic carbocycles. The monoisotopic (exact) mass is 221 g/mol. The number of hydrogen-bond donors (Lipinski definition) is 1. The van der Waals surface area contributed by atoms with E-state index in [0.717, 1.165) is 5.52 Å². The SMILES string of the molecule is CCc1c(C(=O)O)n(C)c2ccc(F)cc12. The van der Waals surface area contributed by atoms with Gasteiger partial charge in [-0.25, -0.2) is 9.18 Å². The molecule has 0 aliphatic rings. The summed E-state index contributed by atoms with van der Waals surface area (Å²) < 4.78 is 14.7. The highest BCUT2D eigenvalue weighted by molar-refractivity contribution is 5.98. The molecule has 0 saturated carbocycles. The quantitative estimate of drug-likeness (QED) is 0.846. The van der Waals surface area contributed by atoms with Crippen LogP contribution in [0.15, 0.2) is 18.2 Å². The topological polar surface area (TPSA) is 42.2 Å². The highest BCUT2D eigenvalue weighted by Crippen LogP contribution is 2.26. The van der Waals surface area contributed by atoms with Gasteiger partial charge in [0.1, 0.15) is 11.5 Å². The number of rotatable bonds is 2. The number of hydrogen-bond acceptors (Lipinski definition) is 1. The van der Waals surface area contributed by atoms with E-state index in [-0.39, 0.29) is 11.5 Å². The molecule has 0 radical (unpaired) electrons. The lowest BCUT2D eigenvalue weighted by Crippen LogP contribution is -2.06.